The summed E-state index contributed by atoms with van der Waals surface area (Å²) in [5.41, 5.74) is 2.66. The third-order valence-electron chi connectivity index (χ3n) is 6.51. The first-order chi connectivity index (χ1) is 14.9. The van der Waals surface area contributed by atoms with Gasteiger partial charge in [0.05, 0.1) is 11.7 Å². The van der Waals surface area contributed by atoms with Crippen molar-refractivity contribution in [2.45, 2.75) is 31.4 Å². The zero-order chi connectivity index (χ0) is 21.8. The summed E-state index contributed by atoms with van der Waals surface area (Å²) in [5, 5.41) is 15.5. The van der Waals surface area contributed by atoms with Gasteiger partial charge in [0.15, 0.2) is 0 Å². The van der Waals surface area contributed by atoms with Gasteiger partial charge in [-0.3, -0.25) is 14.3 Å². The summed E-state index contributed by atoms with van der Waals surface area (Å²) in [5.74, 6) is -0.223. The van der Waals surface area contributed by atoms with E-state index >= 15 is 0 Å². The van der Waals surface area contributed by atoms with E-state index in [1.54, 1.807) is 9.80 Å². The molecule has 2 fully saturated rings. The first-order valence-electron chi connectivity index (χ1n) is 10.7. The predicted molar refractivity (Wildman–Crippen MR) is 117 cm³/mol. The highest BCUT2D eigenvalue weighted by Gasteiger charge is 2.51. The van der Waals surface area contributed by atoms with Crippen LogP contribution in [-0.2, 0) is 11.8 Å². The van der Waals surface area contributed by atoms with Crippen LogP contribution in [0.2, 0.25) is 0 Å². The third kappa shape index (κ3) is 3.49. The van der Waals surface area contributed by atoms with Crippen molar-refractivity contribution in [3.63, 3.8) is 0 Å². The molecule has 2 aromatic carbocycles. The molecule has 0 radical (unpaired) electrons. The van der Waals surface area contributed by atoms with Gasteiger partial charge in [0.25, 0.3) is 11.8 Å². The van der Waals surface area contributed by atoms with Crippen LogP contribution in [-0.4, -0.2) is 67.8 Å². The molecule has 1 saturated carbocycles. The van der Waals surface area contributed by atoms with Gasteiger partial charge in [-0.15, -0.1) is 0 Å². The molecule has 1 aromatic heterocycles. The highest BCUT2D eigenvalue weighted by Crippen LogP contribution is 2.37. The zero-order valence-electron chi connectivity index (χ0n) is 17.8. The van der Waals surface area contributed by atoms with Crippen molar-refractivity contribution in [1.29, 1.82) is 0 Å². The maximum Gasteiger partial charge on any atom is 0.254 e. The van der Waals surface area contributed by atoms with Gasteiger partial charge in [0, 0.05) is 43.7 Å². The van der Waals surface area contributed by atoms with E-state index in [2.05, 4.69) is 23.3 Å². The number of aryl methyl sites for hydroxylation is 1. The van der Waals surface area contributed by atoms with Crippen LogP contribution < -0.4 is 0 Å². The second-order valence-electron chi connectivity index (χ2n) is 8.75. The van der Waals surface area contributed by atoms with E-state index in [9.17, 15) is 14.7 Å². The van der Waals surface area contributed by atoms with Crippen molar-refractivity contribution >= 4 is 22.7 Å². The maximum atomic E-state index is 13.0. The van der Waals surface area contributed by atoms with E-state index in [-0.39, 0.29) is 17.9 Å². The van der Waals surface area contributed by atoms with Gasteiger partial charge in [-0.1, -0.05) is 24.3 Å². The lowest BCUT2D eigenvalue weighted by molar-refractivity contribution is -0.146. The van der Waals surface area contributed by atoms with E-state index in [0.717, 1.165) is 22.0 Å². The number of rotatable bonds is 3. The molecule has 0 bridgehead atoms. The number of hydrogen-bond donors (Lipinski definition) is 1. The number of aliphatic hydroxyl groups is 1. The van der Waals surface area contributed by atoms with Crippen molar-refractivity contribution in [2.24, 2.45) is 7.05 Å². The van der Waals surface area contributed by atoms with Gasteiger partial charge in [0.2, 0.25) is 0 Å². The Morgan fingerprint density at radius 2 is 1.77 bits per heavy atom. The van der Waals surface area contributed by atoms with Gasteiger partial charge in [-0.05, 0) is 49.1 Å². The van der Waals surface area contributed by atoms with Gasteiger partial charge in [0.1, 0.15) is 5.60 Å². The maximum absolute atomic E-state index is 13.0. The summed E-state index contributed by atoms with van der Waals surface area (Å²) in [4.78, 5) is 29.0. The lowest BCUT2D eigenvalue weighted by atomic mass is 10.0. The zero-order valence-corrected chi connectivity index (χ0v) is 17.8. The number of carbonyl (C=O) groups is 2. The summed E-state index contributed by atoms with van der Waals surface area (Å²) in [6.07, 6.45) is 2.93. The fourth-order valence-electron chi connectivity index (χ4n) is 4.35. The molecule has 1 aliphatic heterocycles. The number of fused-ring (bicyclic) bond motifs is 1. The summed E-state index contributed by atoms with van der Waals surface area (Å²) >= 11 is 0. The largest absolute Gasteiger partial charge is 0.380 e. The van der Waals surface area contributed by atoms with Crippen LogP contribution >= 0.6 is 0 Å². The Labute approximate surface area is 180 Å². The van der Waals surface area contributed by atoms with Crippen molar-refractivity contribution in [1.82, 2.24) is 19.6 Å². The molecule has 7 heteroatoms. The Morgan fingerprint density at radius 1 is 1.06 bits per heavy atom. The molecule has 1 saturated heterocycles. The molecule has 7 nitrogen and oxygen atoms in total. The number of piperazine rings is 1. The summed E-state index contributed by atoms with van der Waals surface area (Å²) < 4.78 is 1.85. The van der Waals surface area contributed by atoms with Crippen molar-refractivity contribution < 1.29 is 14.7 Å². The minimum absolute atomic E-state index is 0.0299. The van der Waals surface area contributed by atoms with Crippen LogP contribution in [0.25, 0.3) is 22.0 Å². The molecule has 2 heterocycles. The minimum Gasteiger partial charge on any atom is -0.380 e. The molecule has 160 valence electrons. The van der Waals surface area contributed by atoms with Crippen LogP contribution in [0.15, 0.2) is 48.7 Å². The number of nitrogens with zero attached hydrogens (tertiary/aromatic N) is 4. The molecule has 1 atom stereocenters. The van der Waals surface area contributed by atoms with Crippen molar-refractivity contribution in [3.05, 3.63) is 54.2 Å². The lowest BCUT2D eigenvalue weighted by Gasteiger charge is -2.40. The molecular weight excluding hydrogens is 392 g/mol. The minimum atomic E-state index is -1.16. The number of amides is 2. The molecule has 5 rings (SSSR count). The smallest absolute Gasteiger partial charge is 0.254 e. The number of benzene rings is 2. The van der Waals surface area contributed by atoms with E-state index < -0.39 is 5.60 Å². The van der Waals surface area contributed by atoms with Gasteiger partial charge >= 0.3 is 0 Å². The highest BCUT2D eigenvalue weighted by atomic mass is 16.3. The number of hydrogen-bond acceptors (Lipinski definition) is 4. The molecular formula is C24H26N4O3. The second kappa shape index (κ2) is 7.20. The Hall–Kier alpha value is -3.19. The van der Waals surface area contributed by atoms with E-state index in [0.29, 0.717) is 38.0 Å². The fraction of sp³-hybridized carbons (Fsp3) is 0.375. The predicted octanol–water partition coefficient (Wildman–Crippen LogP) is 2.44. The first kappa shape index (κ1) is 19.8. The molecule has 1 N–H and O–H groups in total. The van der Waals surface area contributed by atoms with Crippen LogP contribution in [0.4, 0.5) is 0 Å². The number of carbonyl (C=O) groups excluding carboxylic acids is 2. The Bertz CT molecular complexity index is 1160. The summed E-state index contributed by atoms with van der Waals surface area (Å²) in [6.45, 7) is 3.33. The molecule has 1 aliphatic carbocycles. The topological polar surface area (TPSA) is 78.7 Å². The monoisotopic (exact) mass is 418 g/mol. The van der Waals surface area contributed by atoms with Gasteiger partial charge in [-0.2, -0.15) is 5.10 Å². The standard InChI is InChI=1S/C24H26N4O3/c1-16-15-27(11-12-28(16)23(30)24(31)9-10-24)22(29)18-5-3-17(4-6-18)19-7-8-20-14-25-26(2)21(20)13-19/h3-8,13-14,16,31H,9-12,15H2,1-2H3/t16-/m0/s1. The van der Waals surface area contributed by atoms with Crippen LogP contribution in [0, 0.1) is 0 Å². The molecule has 0 spiro atoms. The Balaban J connectivity index is 1.29. The molecule has 31 heavy (non-hydrogen) atoms. The molecule has 3 aromatic rings. The Kier molecular flexibility index (Phi) is 4.59. The number of aromatic nitrogens is 2. The van der Waals surface area contributed by atoms with E-state index in [1.807, 2.05) is 49.1 Å². The van der Waals surface area contributed by atoms with Crippen molar-refractivity contribution in [3.8, 4) is 11.1 Å². The van der Waals surface area contributed by atoms with Crippen molar-refractivity contribution in [2.75, 3.05) is 19.6 Å². The molecule has 2 aliphatic rings. The molecule has 0 unspecified atom stereocenters. The first-order valence-corrected chi connectivity index (χ1v) is 10.7. The van der Waals surface area contributed by atoms with Crippen LogP contribution in [0.1, 0.15) is 30.1 Å². The molecule has 2 amide bonds. The average Bonchev–Trinajstić information content (AvgIpc) is 3.44. The SMILES string of the molecule is C[C@H]1CN(C(=O)c2ccc(-c3ccc4cnn(C)c4c3)cc2)CCN1C(=O)C1(O)CC1. The third-order valence-corrected chi connectivity index (χ3v) is 6.51. The normalized spacial score (nSPS) is 20.2. The van der Waals surface area contributed by atoms with Gasteiger partial charge in [-0.25, -0.2) is 0 Å². The summed E-state index contributed by atoms with van der Waals surface area (Å²) in [7, 11) is 1.92. The van der Waals surface area contributed by atoms with Crippen LogP contribution in [0.3, 0.4) is 0 Å². The van der Waals surface area contributed by atoms with Crippen LogP contribution in [0.5, 0.6) is 0 Å². The average molecular weight is 418 g/mol. The summed E-state index contributed by atoms with van der Waals surface area (Å²) in [6, 6.07) is 13.8. The Morgan fingerprint density at radius 3 is 2.45 bits per heavy atom. The van der Waals surface area contributed by atoms with Gasteiger partial charge < -0.3 is 14.9 Å². The fourth-order valence-corrected chi connectivity index (χ4v) is 4.35. The quantitative estimate of drug-likeness (QED) is 0.709. The highest BCUT2D eigenvalue weighted by molar-refractivity contribution is 5.95. The van der Waals surface area contributed by atoms with E-state index in [4.69, 9.17) is 0 Å². The lowest BCUT2D eigenvalue weighted by Crippen LogP contribution is -2.57. The van der Waals surface area contributed by atoms with E-state index in [1.165, 1.54) is 0 Å². The second-order valence-corrected chi connectivity index (χ2v) is 8.75.